The molecule has 2 aromatic carbocycles. The standard InChI is InChI=1S/C25H29F2NS/c1-2-3-4-5-6-18-7-9-19(10-8-18)20-11-13-21(14-12-20)25-23(26)15-22(28-17-29)16-24(25)27/h11-16,18-19H,2-10H2,1H3. The van der Waals surface area contributed by atoms with Gasteiger partial charge in [0.05, 0.1) is 16.4 Å². The van der Waals surface area contributed by atoms with Crippen LogP contribution < -0.4 is 0 Å². The second kappa shape index (κ2) is 10.8. The molecule has 0 unspecified atom stereocenters. The molecule has 3 rings (SSSR count). The maximum absolute atomic E-state index is 14.4. The van der Waals surface area contributed by atoms with Crippen molar-refractivity contribution in [3.63, 3.8) is 0 Å². The molecule has 0 radical (unpaired) electrons. The maximum Gasteiger partial charge on any atom is 0.136 e. The molecule has 0 amide bonds. The number of halogens is 2. The van der Waals surface area contributed by atoms with Gasteiger partial charge in [-0.25, -0.2) is 8.78 Å². The average molecular weight is 414 g/mol. The van der Waals surface area contributed by atoms with E-state index >= 15 is 0 Å². The van der Waals surface area contributed by atoms with Crippen molar-refractivity contribution in [1.82, 2.24) is 0 Å². The minimum absolute atomic E-state index is 0.0179. The monoisotopic (exact) mass is 413 g/mol. The number of unbranched alkanes of at least 4 members (excludes halogenated alkanes) is 3. The molecule has 0 aliphatic heterocycles. The Hall–Kier alpha value is -1.90. The summed E-state index contributed by atoms with van der Waals surface area (Å²) in [5.74, 6) is 0.166. The third-order valence-electron chi connectivity index (χ3n) is 6.19. The van der Waals surface area contributed by atoms with E-state index in [0.717, 1.165) is 5.92 Å². The van der Waals surface area contributed by atoms with E-state index in [2.05, 4.69) is 29.3 Å². The molecule has 0 spiro atoms. The van der Waals surface area contributed by atoms with E-state index in [-0.39, 0.29) is 11.3 Å². The van der Waals surface area contributed by atoms with E-state index in [0.29, 0.717) is 11.5 Å². The fourth-order valence-corrected chi connectivity index (χ4v) is 4.62. The number of rotatable bonds is 8. The van der Waals surface area contributed by atoms with Gasteiger partial charge in [0, 0.05) is 12.1 Å². The molecule has 0 saturated heterocycles. The zero-order valence-corrected chi connectivity index (χ0v) is 17.9. The average Bonchev–Trinajstić information content (AvgIpc) is 2.72. The molecule has 1 saturated carbocycles. The highest BCUT2D eigenvalue weighted by atomic mass is 32.1. The van der Waals surface area contributed by atoms with Gasteiger partial charge in [0.15, 0.2) is 0 Å². The lowest BCUT2D eigenvalue weighted by Gasteiger charge is -2.29. The maximum atomic E-state index is 14.4. The second-order valence-corrected chi connectivity index (χ2v) is 8.36. The van der Waals surface area contributed by atoms with Crippen LogP contribution in [0.2, 0.25) is 0 Å². The number of benzene rings is 2. The van der Waals surface area contributed by atoms with Crippen LogP contribution in [0.5, 0.6) is 0 Å². The van der Waals surface area contributed by atoms with Crippen LogP contribution in [0.25, 0.3) is 11.1 Å². The Morgan fingerprint density at radius 2 is 1.62 bits per heavy atom. The molecule has 1 nitrogen and oxygen atoms in total. The summed E-state index contributed by atoms with van der Waals surface area (Å²) in [6.45, 7) is 2.25. The first-order valence-electron chi connectivity index (χ1n) is 10.8. The summed E-state index contributed by atoms with van der Waals surface area (Å²) in [6, 6.07) is 10.1. The molecule has 0 heterocycles. The summed E-state index contributed by atoms with van der Waals surface area (Å²) < 4.78 is 28.8. The van der Waals surface area contributed by atoms with Gasteiger partial charge in [-0.3, -0.25) is 0 Å². The lowest BCUT2D eigenvalue weighted by molar-refractivity contribution is 0.302. The molecule has 1 fully saturated rings. The van der Waals surface area contributed by atoms with Gasteiger partial charge in [-0.15, -0.1) is 0 Å². The van der Waals surface area contributed by atoms with E-state index in [9.17, 15) is 8.78 Å². The highest BCUT2D eigenvalue weighted by Crippen LogP contribution is 2.39. The van der Waals surface area contributed by atoms with Crippen LogP contribution in [-0.4, -0.2) is 5.16 Å². The minimum atomic E-state index is -0.634. The summed E-state index contributed by atoms with van der Waals surface area (Å²) >= 11 is 4.50. The molecule has 2 aromatic rings. The van der Waals surface area contributed by atoms with Gasteiger partial charge in [0.25, 0.3) is 0 Å². The lowest BCUT2D eigenvalue weighted by Crippen LogP contribution is -2.13. The van der Waals surface area contributed by atoms with Crippen molar-refractivity contribution in [2.24, 2.45) is 10.9 Å². The third kappa shape index (κ3) is 5.81. The summed E-state index contributed by atoms with van der Waals surface area (Å²) in [4.78, 5) is 3.66. The van der Waals surface area contributed by atoms with E-state index in [1.54, 1.807) is 0 Å². The fraction of sp³-hybridized carbons (Fsp3) is 0.480. The molecule has 154 valence electrons. The van der Waals surface area contributed by atoms with Gasteiger partial charge in [0.2, 0.25) is 0 Å². The van der Waals surface area contributed by atoms with Gasteiger partial charge in [-0.2, -0.15) is 4.99 Å². The van der Waals surface area contributed by atoms with Gasteiger partial charge < -0.3 is 0 Å². The first kappa shape index (κ1) is 21.8. The normalized spacial score (nSPS) is 19.0. The van der Waals surface area contributed by atoms with E-state index in [1.807, 2.05) is 24.3 Å². The topological polar surface area (TPSA) is 12.4 Å². The molecule has 0 N–H and O–H groups in total. The largest absolute Gasteiger partial charge is 0.206 e. The molecule has 0 aromatic heterocycles. The molecular weight excluding hydrogens is 384 g/mol. The van der Waals surface area contributed by atoms with Crippen molar-refractivity contribution in [2.45, 2.75) is 70.6 Å². The van der Waals surface area contributed by atoms with Crippen molar-refractivity contribution in [1.29, 1.82) is 0 Å². The Kier molecular flexibility index (Phi) is 8.09. The van der Waals surface area contributed by atoms with Crippen LogP contribution in [0.15, 0.2) is 41.4 Å². The van der Waals surface area contributed by atoms with Gasteiger partial charge in [0.1, 0.15) is 11.6 Å². The SMILES string of the molecule is CCCCCCC1CCC(c2ccc(-c3c(F)cc(N=C=S)cc3F)cc2)CC1. The molecular formula is C25H29F2NS. The molecule has 4 heteroatoms. The third-order valence-corrected chi connectivity index (χ3v) is 6.28. The van der Waals surface area contributed by atoms with Crippen LogP contribution in [0, 0.1) is 17.6 Å². The quantitative estimate of drug-likeness (QED) is 0.240. The van der Waals surface area contributed by atoms with Gasteiger partial charge in [-0.05, 0) is 60.9 Å². The van der Waals surface area contributed by atoms with Crippen molar-refractivity contribution in [2.75, 3.05) is 0 Å². The number of thiocarbonyl (C=S) groups is 1. The molecule has 0 atom stereocenters. The summed E-state index contributed by atoms with van der Waals surface area (Å²) in [5, 5.41) is 2.14. The molecule has 29 heavy (non-hydrogen) atoms. The van der Waals surface area contributed by atoms with Gasteiger partial charge in [-0.1, -0.05) is 63.3 Å². The fourth-order valence-electron chi connectivity index (χ4n) is 4.52. The second-order valence-electron chi connectivity index (χ2n) is 8.18. The molecule has 0 bridgehead atoms. The highest BCUT2D eigenvalue weighted by Gasteiger charge is 2.22. The first-order valence-corrected chi connectivity index (χ1v) is 11.2. The summed E-state index contributed by atoms with van der Waals surface area (Å²) in [6.07, 6.45) is 11.8. The number of aliphatic imine (C=N–C) groups is 1. The summed E-state index contributed by atoms with van der Waals surface area (Å²) in [7, 11) is 0. The Bertz CT molecular complexity index is 825. The van der Waals surface area contributed by atoms with Crippen LogP contribution in [0.1, 0.15) is 76.2 Å². The van der Waals surface area contributed by atoms with Gasteiger partial charge >= 0.3 is 0 Å². The Morgan fingerprint density at radius 1 is 0.966 bits per heavy atom. The minimum Gasteiger partial charge on any atom is -0.206 e. The van der Waals surface area contributed by atoms with E-state index in [4.69, 9.17) is 0 Å². The van der Waals surface area contributed by atoms with E-state index < -0.39 is 11.6 Å². The van der Waals surface area contributed by atoms with Crippen molar-refractivity contribution in [3.8, 4) is 11.1 Å². The number of nitrogens with zero attached hydrogens (tertiary/aromatic N) is 1. The Balaban J connectivity index is 1.62. The Morgan fingerprint density at radius 3 is 2.21 bits per heavy atom. The van der Waals surface area contributed by atoms with Crippen molar-refractivity contribution < 1.29 is 8.78 Å². The highest BCUT2D eigenvalue weighted by molar-refractivity contribution is 7.78. The first-order chi connectivity index (χ1) is 14.1. The zero-order valence-electron chi connectivity index (χ0n) is 17.1. The van der Waals surface area contributed by atoms with Crippen LogP contribution in [0.3, 0.4) is 0 Å². The van der Waals surface area contributed by atoms with E-state index in [1.165, 1.54) is 75.5 Å². The number of isothiocyanates is 1. The van der Waals surface area contributed by atoms with Crippen molar-refractivity contribution >= 4 is 23.1 Å². The summed E-state index contributed by atoms with van der Waals surface area (Å²) in [5.41, 5.74) is 1.95. The predicted octanol–water partition coefficient (Wildman–Crippen LogP) is 8.61. The number of hydrogen-bond acceptors (Lipinski definition) is 2. The van der Waals surface area contributed by atoms with Crippen LogP contribution >= 0.6 is 12.2 Å². The molecule has 1 aliphatic rings. The Labute approximate surface area is 178 Å². The smallest absolute Gasteiger partial charge is 0.136 e. The predicted molar refractivity (Wildman–Crippen MR) is 120 cm³/mol. The van der Waals surface area contributed by atoms with Crippen LogP contribution in [0.4, 0.5) is 14.5 Å². The van der Waals surface area contributed by atoms with Crippen molar-refractivity contribution in [3.05, 3.63) is 53.6 Å². The molecule has 1 aliphatic carbocycles. The zero-order chi connectivity index (χ0) is 20.6. The van der Waals surface area contributed by atoms with Crippen LogP contribution in [-0.2, 0) is 0 Å². The number of hydrogen-bond donors (Lipinski definition) is 0. The lowest BCUT2D eigenvalue weighted by atomic mass is 9.77.